The number of ether oxygens (including phenoxy) is 1. The van der Waals surface area contributed by atoms with Gasteiger partial charge in [0.2, 0.25) is 5.91 Å². The fraction of sp³-hybridized carbons (Fsp3) is 0.846. The van der Waals surface area contributed by atoms with Crippen LogP contribution < -0.4 is 0 Å². The molecule has 2 fully saturated rings. The van der Waals surface area contributed by atoms with Crippen LogP contribution in [0.5, 0.6) is 0 Å². The lowest BCUT2D eigenvalue weighted by molar-refractivity contribution is -0.179. The zero-order valence-corrected chi connectivity index (χ0v) is 11.3. The number of esters is 1. The Morgan fingerprint density at radius 3 is 2.56 bits per heavy atom. The Labute approximate surface area is 107 Å². The molecule has 0 aromatic heterocycles. The van der Waals surface area contributed by atoms with E-state index >= 15 is 0 Å². The number of aliphatic hydroxyl groups is 1. The Morgan fingerprint density at radius 1 is 1.44 bits per heavy atom. The van der Waals surface area contributed by atoms with Gasteiger partial charge in [-0.05, 0) is 40.5 Å². The molecular weight excluding hydrogens is 234 g/mol. The number of β-lactam (4-membered cyclic amide) rings is 1. The van der Waals surface area contributed by atoms with E-state index in [1.54, 1.807) is 32.6 Å². The summed E-state index contributed by atoms with van der Waals surface area (Å²) in [4.78, 5) is 25.5. The van der Waals surface area contributed by atoms with E-state index in [9.17, 15) is 14.7 Å². The molecule has 0 aromatic rings. The highest BCUT2D eigenvalue weighted by molar-refractivity contribution is 5.93. The van der Waals surface area contributed by atoms with Crippen LogP contribution in [-0.2, 0) is 14.3 Å². The van der Waals surface area contributed by atoms with Crippen molar-refractivity contribution in [1.82, 2.24) is 4.90 Å². The van der Waals surface area contributed by atoms with Crippen molar-refractivity contribution in [2.75, 3.05) is 0 Å². The Hall–Kier alpha value is -1.10. The normalized spacial score (nSPS) is 31.3. The number of carbonyl (C=O) groups is 2. The Balaban J connectivity index is 2.06. The minimum Gasteiger partial charge on any atom is -0.461 e. The highest BCUT2D eigenvalue weighted by Gasteiger charge is 2.60. The van der Waals surface area contributed by atoms with Crippen molar-refractivity contribution in [2.24, 2.45) is 5.92 Å². The van der Waals surface area contributed by atoms with E-state index < -0.39 is 11.6 Å². The predicted octanol–water partition coefficient (Wildman–Crippen LogP) is 0.698. The molecule has 1 N–H and O–H groups in total. The van der Waals surface area contributed by atoms with Crippen LogP contribution in [0.3, 0.4) is 0 Å². The summed E-state index contributed by atoms with van der Waals surface area (Å²) in [7, 11) is 0. The first-order valence-corrected chi connectivity index (χ1v) is 6.48. The topological polar surface area (TPSA) is 66.8 Å². The van der Waals surface area contributed by atoms with Crippen LogP contribution in [0.2, 0.25) is 0 Å². The average Bonchev–Trinajstić information content (AvgIpc) is 2.53. The molecule has 1 amide bonds. The summed E-state index contributed by atoms with van der Waals surface area (Å²) < 4.78 is 5.16. The lowest BCUT2D eigenvalue weighted by Gasteiger charge is -2.49. The molecule has 5 heteroatoms. The van der Waals surface area contributed by atoms with Gasteiger partial charge in [-0.1, -0.05) is 0 Å². The number of amides is 1. The van der Waals surface area contributed by atoms with E-state index in [4.69, 9.17) is 4.74 Å². The van der Waals surface area contributed by atoms with Crippen molar-refractivity contribution in [3.8, 4) is 0 Å². The molecule has 0 spiro atoms. The second-order valence-corrected chi connectivity index (χ2v) is 6.02. The monoisotopic (exact) mass is 255 g/mol. The molecule has 102 valence electrons. The van der Waals surface area contributed by atoms with Gasteiger partial charge in [0.05, 0.1) is 17.6 Å². The molecule has 0 saturated carbocycles. The largest absolute Gasteiger partial charge is 0.461 e. The first-order valence-electron chi connectivity index (χ1n) is 6.48. The van der Waals surface area contributed by atoms with Crippen molar-refractivity contribution in [3.05, 3.63) is 0 Å². The van der Waals surface area contributed by atoms with Gasteiger partial charge in [-0.15, -0.1) is 0 Å². The molecule has 0 aliphatic carbocycles. The SMILES string of the molecule is CC(C)OC(=O)[C@@H]1CC[C@@H]2[C@H](C(C)(C)O)C(=O)N21. The maximum Gasteiger partial charge on any atom is 0.329 e. The highest BCUT2D eigenvalue weighted by Crippen LogP contribution is 2.44. The van der Waals surface area contributed by atoms with Crippen molar-refractivity contribution in [2.45, 2.75) is 64.3 Å². The molecule has 0 radical (unpaired) electrons. The Bertz CT molecular complexity index is 372. The minimum atomic E-state index is -1.02. The molecule has 2 aliphatic rings. The number of hydrogen-bond donors (Lipinski definition) is 1. The van der Waals surface area contributed by atoms with E-state index in [-0.39, 0.29) is 29.9 Å². The van der Waals surface area contributed by atoms with E-state index in [0.717, 1.165) is 6.42 Å². The summed E-state index contributed by atoms with van der Waals surface area (Å²) in [6.07, 6.45) is 1.23. The second kappa shape index (κ2) is 4.23. The predicted molar refractivity (Wildman–Crippen MR) is 64.7 cm³/mol. The summed E-state index contributed by atoms with van der Waals surface area (Å²) in [6, 6.07) is -0.467. The van der Waals surface area contributed by atoms with Gasteiger partial charge in [-0.2, -0.15) is 0 Å². The van der Waals surface area contributed by atoms with Crippen molar-refractivity contribution < 1.29 is 19.4 Å². The third-order valence-electron chi connectivity index (χ3n) is 3.72. The van der Waals surface area contributed by atoms with Crippen molar-refractivity contribution in [3.63, 3.8) is 0 Å². The molecule has 0 aromatic carbocycles. The average molecular weight is 255 g/mol. The second-order valence-electron chi connectivity index (χ2n) is 6.02. The smallest absolute Gasteiger partial charge is 0.329 e. The molecule has 3 atom stereocenters. The van der Waals surface area contributed by atoms with Gasteiger partial charge < -0.3 is 14.7 Å². The third kappa shape index (κ3) is 2.00. The molecule has 18 heavy (non-hydrogen) atoms. The molecule has 2 rings (SSSR count). The van der Waals surface area contributed by atoms with E-state index in [1.165, 1.54) is 0 Å². The summed E-state index contributed by atoms with van der Waals surface area (Å²) in [5.41, 5.74) is -1.02. The van der Waals surface area contributed by atoms with Gasteiger partial charge in [-0.25, -0.2) is 4.79 Å². The summed E-state index contributed by atoms with van der Waals surface area (Å²) in [5, 5.41) is 9.96. The van der Waals surface area contributed by atoms with Gasteiger partial charge in [-0.3, -0.25) is 4.79 Å². The van der Waals surface area contributed by atoms with Gasteiger partial charge in [0.15, 0.2) is 0 Å². The number of rotatable bonds is 3. The van der Waals surface area contributed by atoms with Crippen LogP contribution in [0.1, 0.15) is 40.5 Å². The van der Waals surface area contributed by atoms with E-state index in [2.05, 4.69) is 0 Å². The number of nitrogens with zero attached hydrogens (tertiary/aromatic N) is 1. The molecule has 2 aliphatic heterocycles. The third-order valence-corrected chi connectivity index (χ3v) is 3.72. The van der Waals surface area contributed by atoms with Crippen LogP contribution >= 0.6 is 0 Å². The summed E-state index contributed by atoms with van der Waals surface area (Å²) in [6.45, 7) is 6.88. The van der Waals surface area contributed by atoms with Crippen LogP contribution in [0, 0.1) is 5.92 Å². The maximum atomic E-state index is 12.0. The van der Waals surface area contributed by atoms with Crippen LogP contribution in [0.25, 0.3) is 0 Å². The van der Waals surface area contributed by atoms with E-state index in [0.29, 0.717) is 6.42 Å². The van der Waals surface area contributed by atoms with Gasteiger partial charge in [0.25, 0.3) is 0 Å². The summed E-state index contributed by atoms with van der Waals surface area (Å²) >= 11 is 0. The molecule has 2 heterocycles. The molecule has 0 bridgehead atoms. The van der Waals surface area contributed by atoms with E-state index in [1.807, 2.05) is 0 Å². The quantitative estimate of drug-likeness (QED) is 0.595. The number of fused-ring (bicyclic) bond motifs is 1. The standard InChI is InChI=1S/C13H21NO4/c1-7(2)18-12(16)9-6-5-8-10(13(3,4)17)11(15)14(8)9/h7-10,17H,5-6H2,1-4H3/t8-,9+,10+/m1/s1. The highest BCUT2D eigenvalue weighted by atomic mass is 16.5. The van der Waals surface area contributed by atoms with Crippen molar-refractivity contribution in [1.29, 1.82) is 0 Å². The van der Waals surface area contributed by atoms with Crippen LogP contribution in [-0.4, -0.2) is 45.7 Å². The molecule has 0 unspecified atom stereocenters. The maximum absolute atomic E-state index is 12.0. The van der Waals surface area contributed by atoms with Gasteiger partial charge in [0, 0.05) is 6.04 Å². The Kier molecular flexibility index (Phi) is 3.13. The fourth-order valence-corrected chi connectivity index (χ4v) is 3.04. The van der Waals surface area contributed by atoms with Gasteiger partial charge >= 0.3 is 5.97 Å². The lowest BCUT2D eigenvalue weighted by Crippen LogP contribution is -2.67. The molecule has 2 saturated heterocycles. The van der Waals surface area contributed by atoms with Crippen LogP contribution in [0.4, 0.5) is 0 Å². The number of hydrogen-bond acceptors (Lipinski definition) is 4. The summed E-state index contributed by atoms with van der Waals surface area (Å²) in [5.74, 6) is -0.833. The fourth-order valence-electron chi connectivity index (χ4n) is 3.04. The first kappa shape index (κ1) is 13.3. The molecular formula is C13H21NO4. The minimum absolute atomic E-state index is 0.0118. The zero-order valence-electron chi connectivity index (χ0n) is 11.3. The number of carbonyl (C=O) groups excluding carboxylic acids is 2. The first-order chi connectivity index (χ1) is 8.23. The van der Waals surface area contributed by atoms with Crippen molar-refractivity contribution >= 4 is 11.9 Å². The lowest BCUT2D eigenvalue weighted by atomic mass is 9.76. The van der Waals surface area contributed by atoms with Crippen LogP contribution in [0.15, 0.2) is 0 Å². The Morgan fingerprint density at radius 2 is 2.06 bits per heavy atom. The molecule has 5 nitrogen and oxygen atoms in total. The zero-order chi connectivity index (χ0) is 13.7. The van der Waals surface area contributed by atoms with Gasteiger partial charge in [0.1, 0.15) is 6.04 Å².